The van der Waals surface area contributed by atoms with Crippen LogP contribution in [0, 0.1) is 12.8 Å². The molecule has 0 bridgehead atoms. The predicted molar refractivity (Wildman–Crippen MR) is 93.6 cm³/mol. The fraction of sp³-hybridized carbons (Fsp3) is 0.500. The summed E-state index contributed by atoms with van der Waals surface area (Å²) in [6.07, 6.45) is 2.76. The maximum absolute atomic E-state index is 11.8. The first kappa shape index (κ1) is 17.3. The molecule has 2 rings (SSSR count). The Morgan fingerprint density at radius 2 is 2.09 bits per heavy atom. The van der Waals surface area contributed by atoms with Crippen LogP contribution in [0.25, 0.3) is 10.9 Å². The molecule has 5 heteroatoms. The molecule has 0 spiro atoms. The molecule has 23 heavy (non-hydrogen) atoms. The highest BCUT2D eigenvalue weighted by atomic mass is 16.3. The van der Waals surface area contributed by atoms with Crippen molar-refractivity contribution in [1.29, 1.82) is 0 Å². The molecule has 0 aliphatic rings. The van der Waals surface area contributed by atoms with E-state index in [0.717, 1.165) is 11.9 Å². The van der Waals surface area contributed by atoms with E-state index in [1.807, 2.05) is 26.1 Å². The fourth-order valence-electron chi connectivity index (χ4n) is 2.49. The summed E-state index contributed by atoms with van der Waals surface area (Å²) in [4.78, 5) is 15.1. The Labute approximate surface area is 137 Å². The van der Waals surface area contributed by atoms with Crippen LogP contribution in [0.2, 0.25) is 0 Å². The van der Waals surface area contributed by atoms with Gasteiger partial charge in [0.25, 0.3) is 0 Å². The number of hydrogen-bond acceptors (Lipinski definition) is 2. The molecule has 126 valence electrons. The number of benzene rings is 1. The molecule has 5 nitrogen and oxygen atoms in total. The SMILES string of the molecule is Cc1cccc2[nH]cc(CCNC(=O)NCC(C)(O)C(C)C)c12. The van der Waals surface area contributed by atoms with Gasteiger partial charge in [0.1, 0.15) is 0 Å². The largest absolute Gasteiger partial charge is 0.388 e. The summed E-state index contributed by atoms with van der Waals surface area (Å²) in [5.74, 6) is 0.0806. The lowest BCUT2D eigenvalue weighted by atomic mass is 9.93. The topological polar surface area (TPSA) is 77.2 Å². The number of H-pyrrole nitrogens is 1. The molecule has 0 aliphatic heterocycles. The number of carbonyl (C=O) groups excluding carboxylic acids is 1. The Morgan fingerprint density at radius 3 is 2.78 bits per heavy atom. The number of aromatic nitrogens is 1. The molecule has 1 heterocycles. The molecular weight excluding hydrogens is 290 g/mol. The third-order valence-electron chi connectivity index (χ3n) is 4.53. The van der Waals surface area contributed by atoms with Gasteiger partial charge in [0.15, 0.2) is 0 Å². The molecule has 0 saturated carbocycles. The Kier molecular flexibility index (Phi) is 5.31. The highest BCUT2D eigenvalue weighted by Crippen LogP contribution is 2.22. The minimum atomic E-state index is -0.898. The van der Waals surface area contributed by atoms with E-state index in [1.54, 1.807) is 6.92 Å². The van der Waals surface area contributed by atoms with Crippen LogP contribution in [0.15, 0.2) is 24.4 Å². The van der Waals surface area contributed by atoms with E-state index in [9.17, 15) is 9.90 Å². The summed E-state index contributed by atoms with van der Waals surface area (Å²) in [6.45, 7) is 8.47. The van der Waals surface area contributed by atoms with Gasteiger partial charge in [-0.25, -0.2) is 4.79 Å². The smallest absolute Gasteiger partial charge is 0.314 e. The minimum absolute atomic E-state index is 0.0806. The average Bonchev–Trinajstić information content (AvgIpc) is 2.90. The van der Waals surface area contributed by atoms with E-state index < -0.39 is 5.60 Å². The van der Waals surface area contributed by atoms with Crippen molar-refractivity contribution in [3.8, 4) is 0 Å². The van der Waals surface area contributed by atoms with Gasteiger partial charge in [-0.1, -0.05) is 26.0 Å². The monoisotopic (exact) mass is 317 g/mol. The summed E-state index contributed by atoms with van der Waals surface area (Å²) in [7, 11) is 0. The molecule has 1 aromatic heterocycles. The molecule has 1 aromatic carbocycles. The van der Waals surface area contributed by atoms with Gasteiger partial charge in [-0.3, -0.25) is 0 Å². The first-order valence-corrected chi connectivity index (χ1v) is 8.11. The molecule has 2 amide bonds. The van der Waals surface area contributed by atoms with Gasteiger partial charge in [0.2, 0.25) is 0 Å². The van der Waals surface area contributed by atoms with Gasteiger partial charge in [-0.15, -0.1) is 0 Å². The van der Waals surface area contributed by atoms with E-state index in [0.29, 0.717) is 6.54 Å². The number of amides is 2. The molecule has 1 atom stereocenters. The Hall–Kier alpha value is -2.01. The number of rotatable bonds is 6. The first-order valence-electron chi connectivity index (χ1n) is 8.11. The Balaban J connectivity index is 1.84. The number of aromatic amines is 1. The summed E-state index contributed by atoms with van der Waals surface area (Å²) in [6, 6.07) is 5.93. The molecule has 1 unspecified atom stereocenters. The number of nitrogens with one attached hydrogen (secondary N) is 3. The molecule has 2 aromatic rings. The van der Waals surface area contributed by atoms with Crippen molar-refractivity contribution in [3.63, 3.8) is 0 Å². The predicted octanol–water partition coefficient (Wildman–Crippen LogP) is 2.73. The molecule has 0 aliphatic carbocycles. The van der Waals surface area contributed by atoms with Crippen molar-refractivity contribution in [3.05, 3.63) is 35.5 Å². The number of urea groups is 1. The molecule has 4 N–H and O–H groups in total. The van der Waals surface area contributed by atoms with E-state index in [1.165, 1.54) is 16.5 Å². The number of fused-ring (bicyclic) bond motifs is 1. The Bertz CT molecular complexity index is 674. The average molecular weight is 317 g/mol. The van der Waals surface area contributed by atoms with E-state index in [-0.39, 0.29) is 18.5 Å². The summed E-state index contributed by atoms with van der Waals surface area (Å²) >= 11 is 0. The van der Waals surface area contributed by atoms with Crippen molar-refractivity contribution in [1.82, 2.24) is 15.6 Å². The van der Waals surface area contributed by atoms with Crippen molar-refractivity contribution >= 4 is 16.9 Å². The van der Waals surface area contributed by atoms with Crippen LogP contribution in [0.3, 0.4) is 0 Å². The lowest BCUT2D eigenvalue weighted by Crippen LogP contribution is -2.47. The standard InChI is InChI=1S/C18H27N3O2/c1-12(2)18(4,23)11-21-17(22)19-9-8-14-10-20-15-7-5-6-13(3)16(14)15/h5-7,10,12,20,23H,8-9,11H2,1-4H3,(H2,19,21,22). The van der Waals surface area contributed by atoms with Gasteiger partial charge in [-0.2, -0.15) is 0 Å². The number of aryl methyl sites for hydroxylation is 1. The lowest BCUT2D eigenvalue weighted by Gasteiger charge is -2.27. The minimum Gasteiger partial charge on any atom is -0.388 e. The second kappa shape index (κ2) is 7.04. The normalized spacial score (nSPS) is 14.0. The van der Waals surface area contributed by atoms with E-state index >= 15 is 0 Å². The van der Waals surface area contributed by atoms with E-state index in [4.69, 9.17) is 0 Å². The van der Waals surface area contributed by atoms with Gasteiger partial charge in [0, 0.05) is 30.2 Å². The van der Waals surface area contributed by atoms with Crippen LogP contribution in [-0.4, -0.2) is 34.8 Å². The zero-order chi connectivity index (χ0) is 17.0. The van der Waals surface area contributed by atoms with Crippen LogP contribution in [0.5, 0.6) is 0 Å². The maximum atomic E-state index is 11.8. The quantitative estimate of drug-likeness (QED) is 0.661. The Morgan fingerprint density at radius 1 is 1.35 bits per heavy atom. The highest BCUT2D eigenvalue weighted by molar-refractivity contribution is 5.86. The third kappa shape index (κ3) is 4.26. The van der Waals surface area contributed by atoms with Crippen molar-refractivity contribution in [2.45, 2.75) is 39.7 Å². The van der Waals surface area contributed by atoms with Crippen LogP contribution in [-0.2, 0) is 6.42 Å². The maximum Gasteiger partial charge on any atom is 0.314 e. The summed E-state index contributed by atoms with van der Waals surface area (Å²) < 4.78 is 0. The fourth-order valence-corrected chi connectivity index (χ4v) is 2.49. The number of carbonyl (C=O) groups is 1. The highest BCUT2D eigenvalue weighted by Gasteiger charge is 2.25. The summed E-state index contributed by atoms with van der Waals surface area (Å²) in [5.41, 5.74) is 2.66. The van der Waals surface area contributed by atoms with E-state index in [2.05, 4.69) is 34.7 Å². The van der Waals surface area contributed by atoms with Crippen molar-refractivity contribution in [2.75, 3.05) is 13.1 Å². The van der Waals surface area contributed by atoms with Crippen molar-refractivity contribution in [2.24, 2.45) is 5.92 Å². The summed E-state index contributed by atoms with van der Waals surface area (Å²) in [5, 5.41) is 16.9. The van der Waals surface area contributed by atoms with Gasteiger partial charge in [-0.05, 0) is 43.4 Å². The molecule has 0 fully saturated rings. The van der Waals surface area contributed by atoms with Crippen LogP contribution < -0.4 is 10.6 Å². The zero-order valence-corrected chi connectivity index (χ0v) is 14.4. The van der Waals surface area contributed by atoms with Crippen LogP contribution in [0.1, 0.15) is 31.9 Å². The van der Waals surface area contributed by atoms with Crippen molar-refractivity contribution < 1.29 is 9.90 Å². The first-order chi connectivity index (χ1) is 10.8. The van der Waals surface area contributed by atoms with Crippen LogP contribution >= 0.6 is 0 Å². The second-order valence-electron chi connectivity index (χ2n) is 6.68. The van der Waals surface area contributed by atoms with Gasteiger partial charge >= 0.3 is 6.03 Å². The molecule has 0 radical (unpaired) electrons. The third-order valence-corrected chi connectivity index (χ3v) is 4.53. The van der Waals surface area contributed by atoms with Crippen LogP contribution in [0.4, 0.5) is 4.79 Å². The number of hydrogen-bond donors (Lipinski definition) is 4. The lowest BCUT2D eigenvalue weighted by molar-refractivity contribution is 0.0166. The second-order valence-corrected chi connectivity index (χ2v) is 6.68. The molecular formula is C18H27N3O2. The van der Waals surface area contributed by atoms with Gasteiger partial charge in [0.05, 0.1) is 5.60 Å². The van der Waals surface area contributed by atoms with Gasteiger partial charge < -0.3 is 20.7 Å². The zero-order valence-electron chi connectivity index (χ0n) is 14.4. The number of aliphatic hydroxyl groups is 1. The molecule has 0 saturated heterocycles.